The van der Waals surface area contributed by atoms with Crippen LogP contribution in [0.3, 0.4) is 0 Å². The minimum Gasteiger partial charge on any atom is -0.490 e. The van der Waals surface area contributed by atoms with E-state index in [-0.39, 0.29) is 42.1 Å². The van der Waals surface area contributed by atoms with Crippen LogP contribution in [0.25, 0.3) is 0 Å². The lowest BCUT2D eigenvalue weighted by atomic mass is 10.0. The first-order valence-electron chi connectivity index (χ1n) is 12.0. The number of ether oxygens (including phenoxy) is 2. The van der Waals surface area contributed by atoms with E-state index in [0.29, 0.717) is 5.02 Å². The Morgan fingerprint density at radius 3 is 2.37 bits per heavy atom. The fraction of sp³-hybridized carbons (Fsp3) is 0.286. The summed E-state index contributed by atoms with van der Waals surface area (Å²) in [7, 11) is 1.31. The second kappa shape index (κ2) is 13.4. The van der Waals surface area contributed by atoms with Gasteiger partial charge in [-0.2, -0.15) is 0 Å². The Balaban J connectivity index is 1.91. The fourth-order valence-electron chi connectivity index (χ4n) is 3.89. The average molecular weight is 540 g/mol. The summed E-state index contributed by atoms with van der Waals surface area (Å²) < 4.78 is 10.8. The van der Waals surface area contributed by atoms with Crippen LogP contribution in [0.5, 0.6) is 11.5 Å². The molecule has 0 heterocycles. The van der Waals surface area contributed by atoms with E-state index < -0.39 is 23.5 Å². The van der Waals surface area contributed by atoms with Gasteiger partial charge in [0.2, 0.25) is 11.7 Å². The predicted molar refractivity (Wildman–Crippen MR) is 144 cm³/mol. The van der Waals surface area contributed by atoms with Gasteiger partial charge >= 0.3 is 5.69 Å². The van der Waals surface area contributed by atoms with Crippen molar-refractivity contribution >= 4 is 29.1 Å². The number of amides is 2. The van der Waals surface area contributed by atoms with Gasteiger partial charge < -0.3 is 19.7 Å². The molecule has 38 heavy (non-hydrogen) atoms. The molecule has 9 nitrogen and oxygen atoms in total. The molecule has 0 bridgehead atoms. The van der Waals surface area contributed by atoms with E-state index in [9.17, 15) is 19.7 Å². The van der Waals surface area contributed by atoms with E-state index in [1.165, 1.54) is 30.2 Å². The van der Waals surface area contributed by atoms with E-state index in [2.05, 4.69) is 5.32 Å². The van der Waals surface area contributed by atoms with Crippen molar-refractivity contribution in [2.45, 2.75) is 38.9 Å². The Labute approximate surface area is 226 Å². The molecular formula is C28H30ClN3O6. The topological polar surface area (TPSA) is 111 Å². The van der Waals surface area contributed by atoms with Gasteiger partial charge in [0, 0.05) is 36.2 Å². The van der Waals surface area contributed by atoms with Gasteiger partial charge in [-0.15, -0.1) is 0 Å². The third-order valence-electron chi connectivity index (χ3n) is 5.65. The van der Waals surface area contributed by atoms with Crippen LogP contribution in [-0.2, 0) is 22.6 Å². The molecule has 0 saturated carbocycles. The molecule has 0 saturated heterocycles. The molecular weight excluding hydrogens is 510 g/mol. The van der Waals surface area contributed by atoms with Gasteiger partial charge in [-0.3, -0.25) is 19.7 Å². The predicted octanol–water partition coefficient (Wildman–Crippen LogP) is 4.80. The monoisotopic (exact) mass is 539 g/mol. The third-order valence-corrected chi connectivity index (χ3v) is 5.89. The van der Waals surface area contributed by atoms with Gasteiger partial charge in [-0.1, -0.05) is 54.1 Å². The number of halogens is 1. The van der Waals surface area contributed by atoms with Crippen molar-refractivity contribution in [1.82, 2.24) is 10.2 Å². The maximum absolute atomic E-state index is 13.6. The van der Waals surface area contributed by atoms with Crippen molar-refractivity contribution in [2.24, 2.45) is 0 Å². The molecule has 0 aliphatic heterocycles. The van der Waals surface area contributed by atoms with Crippen LogP contribution in [0.15, 0.2) is 72.8 Å². The summed E-state index contributed by atoms with van der Waals surface area (Å²) in [6, 6.07) is 19.5. The largest absolute Gasteiger partial charge is 0.490 e. The molecule has 3 aromatic rings. The first-order chi connectivity index (χ1) is 18.2. The maximum atomic E-state index is 13.6. The molecule has 200 valence electrons. The molecule has 0 aliphatic rings. The Kier molecular flexibility index (Phi) is 10.1. The molecule has 0 spiro atoms. The third kappa shape index (κ3) is 7.94. The lowest BCUT2D eigenvalue weighted by Crippen LogP contribution is -2.52. The summed E-state index contributed by atoms with van der Waals surface area (Å²) in [5.74, 6) is -0.512. The van der Waals surface area contributed by atoms with Crippen LogP contribution in [-0.4, -0.2) is 47.4 Å². The molecule has 0 aromatic heterocycles. The number of methoxy groups -OCH3 is 1. The van der Waals surface area contributed by atoms with E-state index >= 15 is 0 Å². The number of carbonyl (C=O) groups is 2. The minimum atomic E-state index is -0.832. The van der Waals surface area contributed by atoms with Gasteiger partial charge in [-0.25, -0.2) is 0 Å². The highest BCUT2D eigenvalue weighted by Crippen LogP contribution is 2.31. The number of nitrogens with zero attached hydrogens (tertiary/aromatic N) is 2. The summed E-state index contributed by atoms with van der Waals surface area (Å²) in [4.78, 5) is 39.1. The first-order valence-corrected chi connectivity index (χ1v) is 12.4. The Morgan fingerprint density at radius 1 is 1.03 bits per heavy atom. The van der Waals surface area contributed by atoms with E-state index in [1.54, 1.807) is 18.2 Å². The minimum absolute atomic E-state index is 0.00833. The first kappa shape index (κ1) is 28.5. The zero-order valence-corrected chi connectivity index (χ0v) is 22.2. The molecule has 2 amide bonds. The number of hydrogen-bond donors (Lipinski definition) is 1. The van der Waals surface area contributed by atoms with Gasteiger partial charge in [0.25, 0.3) is 5.91 Å². The number of nitro benzene ring substituents is 1. The van der Waals surface area contributed by atoms with Crippen LogP contribution in [0.4, 0.5) is 5.69 Å². The van der Waals surface area contributed by atoms with Crippen molar-refractivity contribution in [2.75, 3.05) is 13.7 Å². The summed E-state index contributed by atoms with van der Waals surface area (Å²) in [5.41, 5.74) is 1.42. The molecule has 1 N–H and O–H groups in total. The van der Waals surface area contributed by atoms with Crippen molar-refractivity contribution in [3.8, 4) is 11.5 Å². The van der Waals surface area contributed by atoms with Crippen molar-refractivity contribution < 1.29 is 24.0 Å². The van der Waals surface area contributed by atoms with Crippen LogP contribution in [0.2, 0.25) is 5.02 Å². The Hall–Kier alpha value is -4.11. The molecule has 0 fully saturated rings. The zero-order chi connectivity index (χ0) is 27.7. The summed E-state index contributed by atoms with van der Waals surface area (Å²) in [6.45, 7) is 3.43. The number of benzene rings is 3. The normalized spacial score (nSPS) is 11.5. The van der Waals surface area contributed by atoms with E-state index in [0.717, 1.165) is 11.1 Å². The van der Waals surface area contributed by atoms with Crippen LogP contribution in [0.1, 0.15) is 25.0 Å². The van der Waals surface area contributed by atoms with Gasteiger partial charge in [0.15, 0.2) is 6.61 Å². The van der Waals surface area contributed by atoms with E-state index in [1.807, 2.05) is 50.2 Å². The highest BCUT2D eigenvalue weighted by atomic mass is 35.5. The van der Waals surface area contributed by atoms with Crippen LogP contribution >= 0.6 is 11.6 Å². The van der Waals surface area contributed by atoms with Crippen molar-refractivity contribution in [3.05, 3.63) is 99.1 Å². The number of rotatable bonds is 12. The fourth-order valence-corrected chi connectivity index (χ4v) is 4.11. The number of nitro groups is 1. The molecule has 0 unspecified atom stereocenters. The Bertz CT molecular complexity index is 1270. The lowest BCUT2D eigenvalue weighted by molar-refractivity contribution is -0.385. The van der Waals surface area contributed by atoms with E-state index in [4.69, 9.17) is 21.1 Å². The highest BCUT2D eigenvalue weighted by Gasteiger charge is 2.31. The van der Waals surface area contributed by atoms with Crippen LogP contribution < -0.4 is 14.8 Å². The maximum Gasteiger partial charge on any atom is 0.311 e. The molecule has 0 aliphatic carbocycles. The summed E-state index contributed by atoms with van der Waals surface area (Å²) >= 11 is 6.19. The standard InChI is InChI=1S/C28H30ClN3O6/c1-19(2)30-28(34)25(15-20-8-5-4-6-9-20)31(17-21-10-7-11-22(29)14-21)27(33)18-38-23-12-13-24(32(35)36)26(16-23)37-3/h4-14,16,19,25H,15,17-18H2,1-3H3,(H,30,34)/t25-/m0/s1. The molecule has 0 radical (unpaired) electrons. The highest BCUT2D eigenvalue weighted by molar-refractivity contribution is 6.30. The lowest BCUT2D eigenvalue weighted by Gasteiger charge is -2.32. The quantitative estimate of drug-likeness (QED) is 0.261. The second-order valence-electron chi connectivity index (χ2n) is 8.90. The molecule has 1 atom stereocenters. The smallest absolute Gasteiger partial charge is 0.311 e. The SMILES string of the molecule is COc1cc(OCC(=O)N(Cc2cccc(Cl)c2)[C@@H](Cc2ccccc2)C(=O)NC(C)C)ccc1[N+](=O)[O-]. The summed E-state index contributed by atoms with van der Waals surface area (Å²) in [6.07, 6.45) is 0.289. The molecule has 10 heteroatoms. The molecule has 3 aromatic carbocycles. The Morgan fingerprint density at radius 2 is 1.74 bits per heavy atom. The number of hydrogen-bond acceptors (Lipinski definition) is 6. The summed E-state index contributed by atoms with van der Waals surface area (Å²) in [5, 5.41) is 14.6. The van der Waals surface area contributed by atoms with Crippen molar-refractivity contribution in [3.63, 3.8) is 0 Å². The van der Waals surface area contributed by atoms with Gasteiger partial charge in [-0.05, 0) is 43.2 Å². The zero-order valence-electron chi connectivity index (χ0n) is 21.4. The van der Waals surface area contributed by atoms with Gasteiger partial charge in [0.1, 0.15) is 11.8 Å². The second-order valence-corrected chi connectivity index (χ2v) is 9.34. The van der Waals surface area contributed by atoms with Crippen molar-refractivity contribution in [1.29, 1.82) is 0 Å². The molecule has 3 rings (SSSR count). The average Bonchev–Trinajstić information content (AvgIpc) is 2.89. The number of nitrogens with one attached hydrogen (secondary N) is 1. The number of carbonyl (C=O) groups excluding carboxylic acids is 2. The van der Waals surface area contributed by atoms with Crippen LogP contribution in [0, 0.1) is 10.1 Å². The van der Waals surface area contributed by atoms with Gasteiger partial charge in [0.05, 0.1) is 12.0 Å².